The van der Waals surface area contributed by atoms with Crippen LogP contribution in [-0.2, 0) is 25.5 Å². The van der Waals surface area contributed by atoms with Gasteiger partial charge in [0.2, 0.25) is 5.91 Å². The van der Waals surface area contributed by atoms with Gasteiger partial charge in [0.05, 0.1) is 16.0 Å². The van der Waals surface area contributed by atoms with Crippen LogP contribution in [0.15, 0.2) is 42.6 Å². The molecular formula is C21H21Cl2N3O4. The molecule has 2 amide bonds. The Labute approximate surface area is 184 Å². The summed E-state index contributed by atoms with van der Waals surface area (Å²) >= 11 is 11.8. The van der Waals surface area contributed by atoms with Crippen LogP contribution in [0, 0.1) is 5.92 Å². The fourth-order valence-electron chi connectivity index (χ4n) is 3.10. The van der Waals surface area contributed by atoms with Crippen molar-refractivity contribution in [2.24, 2.45) is 5.92 Å². The molecule has 30 heavy (non-hydrogen) atoms. The first kappa shape index (κ1) is 22.1. The van der Waals surface area contributed by atoms with Crippen LogP contribution in [0.1, 0.15) is 18.9 Å². The average Bonchev–Trinajstić information content (AvgIpc) is 3.10. The van der Waals surface area contributed by atoms with Crippen LogP contribution in [0.4, 0.5) is 5.82 Å². The molecule has 1 aromatic heterocycles. The van der Waals surface area contributed by atoms with Gasteiger partial charge in [0, 0.05) is 25.7 Å². The van der Waals surface area contributed by atoms with Gasteiger partial charge in [0.1, 0.15) is 0 Å². The standard InChI is InChI=1S/C21H21Cl2N3O4/c1-13(20(28)25-19-17(23)10-16(22)11-24-19)30-21(29)15-9-18(27)26(12-15)8-7-14-5-3-2-4-6-14/h2-6,10-11,13,15H,7-9,12H2,1H3,(H,24,25,28)/t13-,15+/m0/s1. The first-order chi connectivity index (χ1) is 14.3. The van der Waals surface area contributed by atoms with Gasteiger partial charge in [0.15, 0.2) is 11.9 Å². The Hall–Kier alpha value is -2.64. The number of nitrogens with zero attached hydrogens (tertiary/aromatic N) is 2. The third kappa shape index (κ3) is 5.70. The van der Waals surface area contributed by atoms with E-state index in [0.717, 1.165) is 5.56 Å². The number of hydrogen-bond acceptors (Lipinski definition) is 5. The van der Waals surface area contributed by atoms with E-state index in [0.29, 0.717) is 18.0 Å². The monoisotopic (exact) mass is 449 g/mol. The zero-order chi connectivity index (χ0) is 21.7. The minimum Gasteiger partial charge on any atom is -0.452 e. The van der Waals surface area contributed by atoms with E-state index in [4.69, 9.17) is 27.9 Å². The molecule has 2 heterocycles. The number of likely N-dealkylation sites (tertiary alicyclic amines) is 1. The summed E-state index contributed by atoms with van der Waals surface area (Å²) in [6.07, 6.45) is 1.06. The van der Waals surface area contributed by atoms with E-state index in [2.05, 4.69) is 10.3 Å². The Morgan fingerprint density at radius 2 is 2.03 bits per heavy atom. The molecule has 158 valence electrons. The number of ether oxygens (including phenoxy) is 1. The highest BCUT2D eigenvalue weighted by Gasteiger charge is 2.36. The second-order valence-corrected chi connectivity index (χ2v) is 7.87. The SMILES string of the molecule is C[C@H](OC(=O)[C@@H]1CC(=O)N(CCc2ccccc2)C1)C(=O)Nc1ncc(Cl)cc1Cl. The van der Waals surface area contributed by atoms with Gasteiger partial charge >= 0.3 is 5.97 Å². The number of aromatic nitrogens is 1. The maximum Gasteiger partial charge on any atom is 0.312 e. The molecule has 1 aliphatic heterocycles. The molecule has 3 rings (SSSR count). The number of halogens is 2. The lowest BCUT2D eigenvalue weighted by molar-refractivity contribution is -0.157. The summed E-state index contributed by atoms with van der Waals surface area (Å²) in [5.74, 6) is -1.73. The first-order valence-corrected chi connectivity index (χ1v) is 10.2. The fourth-order valence-corrected chi connectivity index (χ4v) is 3.53. The van der Waals surface area contributed by atoms with Crippen molar-refractivity contribution in [1.29, 1.82) is 0 Å². The van der Waals surface area contributed by atoms with Crippen LogP contribution in [-0.4, -0.2) is 46.9 Å². The minimum absolute atomic E-state index is 0.0759. The van der Waals surface area contributed by atoms with E-state index in [9.17, 15) is 14.4 Å². The highest BCUT2D eigenvalue weighted by atomic mass is 35.5. The molecule has 0 aliphatic carbocycles. The second kappa shape index (κ2) is 9.91. The summed E-state index contributed by atoms with van der Waals surface area (Å²) in [4.78, 5) is 42.6. The van der Waals surface area contributed by atoms with Crippen molar-refractivity contribution in [3.8, 4) is 0 Å². The molecule has 1 aliphatic rings. The Balaban J connectivity index is 1.50. The molecule has 2 aromatic rings. The molecule has 2 atom stereocenters. The molecule has 0 unspecified atom stereocenters. The topological polar surface area (TPSA) is 88.6 Å². The van der Waals surface area contributed by atoms with Gasteiger partial charge in [-0.3, -0.25) is 14.4 Å². The van der Waals surface area contributed by atoms with Crippen LogP contribution in [0.25, 0.3) is 0 Å². The van der Waals surface area contributed by atoms with Gasteiger partial charge in [-0.25, -0.2) is 4.98 Å². The molecular weight excluding hydrogens is 429 g/mol. The van der Waals surface area contributed by atoms with E-state index >= 15 is 0 Å². The van der Waals surface area contributed by atoms with Gasteiger partial charge in [0.25, 0.3) is 5.91 Å². The van der Waals surface area contributed by atoms with E-state index < -0.39 is 23.9 Å². The van der Waals surface area contributed by atoms with E-state index in [-0.39, 0.29) is 29.7 Å². The normalized spacial score (nSPS) is 17.0. The summed E-state index contributed by atoms with van der Waals surface area (Å²) in [5, 5.41) is 3.00. The molecule has 1 fully saturated rings. The van der Waals surface area contributed by atoms with Gasteiger partial charge < -0.3 is 15.0 Å². The van der Waals surface area contributed by atoms with Crippen LogP contribution in [0.3, 0.4) is 0 Å². The molecule has 1 N–H and O–H groups in total. The number of carbonyl (C=O) groups is 3. The summed E-state index contributed by atoms with van der Waals surface area (Å²) in [5.41, 5.74) is 1.12. The summed E-state index contributed by atoms with van der Waals surface area (Å²) < 4.78 is 5.26. The van der Waals surface area contributed by atoms with Crippen LogP contribution in [0.5, 0.6) is 0 Å². The number of anilines is 1. The number of benzene rings is 1. The number of amides is 2. The number of hydrogen-bond donors (Lipinski definition) is 1. The predicted octanol–water partition coefficient (Wildman–Crippen LogP) is 3.35. The quantitative estimate of drug-likeness (QED) is 0.654. The largest absolute Gasteiger partial charge is 0.452 e. The molecule has 9 heteroatoms. The average molecular weight is 450 g/mol. The van der Waals surface area contributed by atoms with E-state index in [1.165, 1.54) is 19.2 Å². The zero-order valence-corrected chi connectivity index (χ0v) is 17.8. The lowest BCUT2D eigenvalue weighted by Crippen LogP contribution is -2.34. The number of carbonyl (C=O) groups excluding carboxylic acids is 3. The van der Waals surface area contributed by atoms with Gasteiger partial charge in [-0.05, 0) is 25.0 Å². The van der Waals surface area contributed by atoms with E-state index in [1.807, 2.05) is 30.3 Å². The number of rotatable bonds is 7. The number of nitrogens with one attached hydrogen (secondary N) is 1. The smallest absolute Gasteiger partial charge is 0.312 e. The highest BCUT2D eigenvalue weighted by molar-refractivity contribution is 6.36. The lowest BCUT2D eigenvalue weighted by atomic mass is 10.1. The Morgan fingerprint density at radius 3 is 2.73 bits per heavy atom. The third-order valence-electron chi connectivity index (χ3n) is 4.77. The number of esters is 1. The second-order valence-electron chi connectivity index (χ2n) is 7.03. The van der Waals surface area contributed by atoms with Crippen LogP contribution >= 0.6 is 23.2 Å². The maximum absolute atomic E-state index is 12.4. The summed E-state index contributed by atoms with van der Waals surface area (Å²) in [6, 6.07) is 11.3. The predicted molar refractivity (Wildman–Crippen MR) is 113 cm³/mol. The van der Waals surface area contributed by atoms with Crippen LogP contribution in [0.2, 0.25) is 10.0 Å². The molecule has 0 saturated carbocycles. The van der Waals surface area contributed by atoms with Crippen molar-refractivity contribution in [1.82, 2.24) is 9.88 Å². The van der Waals surface area contributed by atoms with Crippen molar-refractivity contribution in [3.05, 3.63) is 58.2 Å². The van der Waals surface area contributed by atoms with Crippen molar-refractivity contribution < 1.29 is 19.1 Å². The van der Waals surface area contributed by atoms with E-state index in [1.54, 1.807) is 4.90 Å². The van der Waals surface area contributed by atoms with Crippen molar-refractivity contribution in [2.75, 3.05) is 18.4 Å². The summed E-state index contributed by atoms with van der Waals surface area (Å²) in [6.45, 7) is 2.26. The Morgan fingerprint density at radius 1 is 1.30 bits per heavy atom. The maximum atomic E-state index is 12.4. The molecule has 0 spiro atoms. The number of pyridine rings is 1. The molecule has 1 saturated heterocycles. The molecule has 0 radical (unpaired) electrons. The summed E-state index contributed by atoms with van der Waals surface area (Å²) in [7, 11) is 0. The third-order valence-corrected chi connectivity index (χ3v) is 5.27. The highest BCUT2D eigenvalue weighted by Crippen LogP contribution is 2.23. The van der Waals surface area contributed by atoms with Crippen LogP contribution < -0.4 is 5.32 Å². The van der Waals surface area contributed by atoms with Gasteiger partial charge in [-0.15, -0.1) is 0 Å². The van der Waals surface area contributed by atoms with Crippen molar-refractivity contribution in [2.45, 2.75) is 25.9 Å². The molecule has 7 nitrogen and oxygen atoms in total. The Kier molecular flexibility index (Phi) is 7.29. The zero-order valence-electron chi connectivity index (χ0n) is 16.3. The van der Waals surface area contributed by atoms with Gasteiger partial charge in [-0.2, -0.15) is 0 Å². The van der Waals surface area contributed by atoms with Crippen molar-refractivity contribution in [3.63, 3.8) is 0 Å². The fraction of sp³-hybridized carbons (Fsp3) is 0.333. The first-order valence-electron chi connectivity index (χ1n) is 9.47. The Bertz CT molecular complexity index is 939. The molecule has 1 aromatic carbocycles. The molecule has 0 bridgehead atoms. The van der Waals surface area contributed by atoms with Gasteiger partial charge in [-0.1, -0.05) is 53.5 Å². The lowest BCUT2D eigenvalue weighted by Gasteiger charge is -2.18. The van der Waals surface area contributed by atoms with Crippen molar-refractivity contribution >= 4 is 46.8 Å². The minimum atomic E-state index is -1.07.